The number of para-hydroxylation sites is 1. The predicted molar refractivity (Wildman–Crippen MR) is 100 cm³/mol. The highest BCUT2D eigenvalue weighted by Crippen LogP contribution is 2.14. The summed E-state index contributed by atoms with van der Waals surface area (Å²) in [6, 6.07) is 17.9. The quantitative estimate of drug-likeness (QED) is 0.531. The van der Waals surface area contributed by atoms with E-state index in [1.54, 1.807) is 10.9 Å². The Labute approximate surface area is 147 Å². The highest BCUT2D eigenvalue weighted by molar-refractivity contribution is 5.80. The summed E-state index contributed by atoms with van der Waals surface area (Å²) < 4.78 is 1.60. The monoisotopic (exact) mass is 335 g/mol. The third-order valence-electron chi connectivity index (χ3n) is 3.87. The largest absolute Gasteiger partial charge is 0.372 e. The molecule has 0 aliphatic heterocycles. The summed E-state index contributed by atoms with van der Waals surface area (Å²) in [5.41, 5.74) is 5.97. The van der Waals surface area contributed by atoms with Gasteiger partial charge >= 0.3 is 0 Å². The van der Waals surface area contributed by atoms with Crippen LogP contribution in [0.25, 0.3) is 5.69 Å². The Hall–Kier alpha value is -3.22. The van der Waals surface area contributed by atoms with Gasteiger partial charge in [0.15, 0.2) is 0 Å². The number of nitrogens with one attached hydrogen (secondary N) is 1. The maximum Gasteiger partial charge on any atom is 0.268 e. The van der Waals surface area contributed by atoms with Crippen LogP contribution in [0.5, 0.6) is 0 Å². The van der Waals surface area contributed by atoms with E-state index in [1.807, 2.05) is 42.5 Å². The number of hydrogen-bond donors (Lipinski definition) is 1. The van der Waals surface area contributed by atoms with E-state index in [1.165, 1.54) is 5.69 Å². The molecule has 25 heavy (non-hydrogen) atoms. The molecule has 0 amide bonds. The lowest BCUT2D eigenvalue weighted by Gasteiger charge is -2.20. The van der Waals surface area contributed by atoms with E-state index in [0.29, 0.717) is 5.95 Å². The Morgan fingerprint density at radius 2 is 1.76 bits per heavy atom. The van der Waals surface area contributed by atoms with Crippen LogP contribution in [-0.2, 0) is 0 Å². The summed E-state index contributed by atoms with van der Waals surface area (Å²) in [7, 11) is 0. The van der Waals surface area contributed by atoms with Crippen molar-refractivity contribution in [2.75, 3.05) is 23.4 Å². The van der Waals surface area contributed by atoms with Crippen molar-refractivity contribution in [2.45, 2.75) is 13.8 Å². The van der Waals surface area contributed by atoms with Crippen molar-refractivity contribution in [3.63, 3.8) is 0 Å². The molecule has 0 atom stereocenters. The first kappa shape index (κ1) is 16.6. The second-order valence-corrected chi connectivity index (χ2v) is 5.38. The van der Waals surface area contributed by atoms with Gasteiger partial charge in [-0.3, -0.25) is 0 Å². The third-order valence-corrected chi connectivity index (χ3v) is 3.87. The van der Waals surface area contributed by atoms with Crippen LogP contribution >= 0.6 is 0 Å². The number of rotatable bonds is 7. The molecule has 0 unspecified atom stereocenters. The summed E-state index contributed by atoms with van der Waals surface area (Å²) in [4.78, 5) is 2.30. The summed E-state index contributed by atoms with van der Waals surface area (Å²) in [6.45, 7) is 6.29. The zero-order chi connectivity index (χ0) is 17.5. The first-order chi connectivity index (χ1) is 12.3. The van der Waals surface area contributed by atoms with Gasteiger partial charge in [-0.25, -0.2) is 5.43 Å². The van der Waals surface area contributed by atoms with Gasteiger partial charge < -0.3 is 4.90 Å². The van der Waals surface area contributed by atoms with Crippen molar-refractivity contribution in [2.24, 2.45) is 5.10 Å². The Bertz CT molecular complexity index is 805. The summed E-state index contributed by atoms with van der Waals surface area (Å²) >= 11 is 0. The van der Waals surface area contributed by atoms with E-state index in [2.05, 4.69) is 56.9 Å². The smallest absolute Gasteiger partial charge is 0.268 e. The van der Waals surface area contributed by atoms with E-state index >= 15 is 0 Å². The molecule has 2 aromatic carbocycles. The van der Waals surface area contributed by atoms with Crippen molar-refractivity contribution < 1.29 is 0 Å². The predicted octanol–water partition coefficient (Wildman–Crippen LogP) is 2.95. The van der Waals surface area contributed by atoms with Gasteiger partial charge in [0.05, 0.1) is 11.9 Å². The van der Waals surface area contributed by atoms with Crippen LogP contribution < -0.4 is 10.3 Å². The van der Waals surface area contributed by atoms with Gasteiger partial charge in [-0.1, -0.05) is 35.4 Å². The lowest BCUT2D eigenvalue weighted by molar-refractivity contribution is 0.790. The second kappa shape index (κ2) is 8.05. The van der Waals surface area contributed by atoms with Crippen LogP contribution in [0.3, 0.4) is 0 Å². The van der Waals surface area contributed by atoms with Crippen molar-refractivity contribution in [3.8, 4) is 5.69 Å². The van der Waals surface area contributed by atoms with Crippen molar-refractivity contribution in [1.82, 2.24) is 20.2 Å². The van der Waals surface area contributed by atoms with Crippen LogP contribution in [0.4, 0.5) is 11.6 Å². The fourth-order valence-electron chi connectivity index (χ4n) is 2.52. The van der Waals surface area contributed by atoms with Gasteiger partial charge in [-0.05, 0) is 54.1 Å². The molecule has 3 rings (SSSR count). The number of hydrazone groups is 1. The van der Waals surface area contributed by atoms with Crippen LogP contribution in [-0.4, -0.2) is 39.5 Å². The van der Waals surface area contributed by atoms with Gasteiger partial charge in [0.25, 0.3) is 5.95 Å². The molecular weight excluding hydrogens is 314 g/mol. The number of aromatic nitrogens is 4. The molecule has 0 saturated carbocycles. The number of benzene rings is 2. The molecule has 7 heteroatoms. The summed E-state index contributed by atoms with van der Waals surface area (Å²) in [6.07, 6.45) is 1.75. The van der Waals surface area contributed by atoms with Crippen molar-refractivity contribution in [3.05, 3.63) is 60.2 Å². The average Bonchev–Trinajstić information content (AvgIpc) is 3.13. The van der Waals surface area contributed by atoms with Gasteiger partial charge in [-0.15, -0.1) is 0 Å². The van der Waals surface area contributed by atoms with Gasteiger partial charge in [0.2, 0.25) is 0 Å². The molecule has 128 valence electrons. The van der Waals surface area contributed by atoms with Crippen LogP contribution in [0.15, 0.2) is 59.7 Å². The number of anilines is 2. The van der Waals surface area contributed by atoms with Gasteiger partial charge in [0.1, 0.15) is 0 Å². The first-order valence-corrected chi connectivity index (χ1v) is 8.29. The summed E-state index contributed by atoms with van der Waals surface area (Å²) in [5, 5.41) is 15.9. The van der Waals surface area contributed by atoms with Gasteiger partial charge in [-0.2, -0.15) is 9.78 Å². The average molecular weight is 335 g/mol. The lowest BCUT2D eigenvalue weighted by Crippen LogP contribution is -2.21. The van der Waals surface area contributed by atoms with E-state index in [0.717, 1.165) is 24.3 Å². The maximum atomic E-state index is 4.23. The molecule has 0 aliphatic carbocycles. The molecule has 0 fully saturated rings. The van der Waals surface area contributed by atoms with Crippen LogP contribution in [0, 0.1) is 0 Å². The molecule has 1 N–H and O–H groups in total. The minimum absolute atomic E-state index is 0.460. The van der Waals surface area contributed by atoms with E-state index in [-0.39, 0.29) is 0 Å². The van der Waals surface area contributed by atoms with Crippen LogP contribution in [0.1, 0.15) is 19.4 Å². The molecule has 3 aromatic rings. The number of nitrogens with zero attached hydrogens (tertiary/aromatic N) is 6. The maximum absolute atomic E-state index is 4.23. The standard InChI is InChI=1S/C18H21N7/c1-3-24(4-2)16-12-10-15(11-13-16)14-19-20-18-21-22-23-25(18)17-8-6-5-7-9-17/h5-14H,3-4H2,1-2H3,(H,20,21,23)/b19-14-. The molecule has 7 nitrogen and oxygen atoms in total. The lowest BCUT2D eigenvalue weighted by atomic mass is 10.2. The highest BCUT2D eigenvalue weighted by Gasteiger charge is 2.06. The first-order valence-electron chi connectivity index (χ1n) is 8.29. The highest BCUT2D eigenvalue weighted by atomic mass is 15.6. The molecule has 0 saturated heterocycles. The normalized spacial score (nSPS) is 11.0. The molecular formula is C18H21N7. The Kier molecular flexibility index (Phi) is 5.36. The van der Waals surface area contributed by atoms with E-state index < -0.39 is 0 Å². The molecule has 1 aromatic heterocycles. The molecule has 0 radical (unpaired) electrons. The SMILES string of the molecule is CCN(CC)c1ccc(/C=N\Nc2nnnn2-c2ccccc2)cc1. The van der Waals surface area contributed by atoms with E-state index in [4.69, 9.17) is 0 Å². The minimum Gasteiger partial charge on any atom is -0.372 e. The fourth-order valence-corrected chi connectivity index (χ4v) is 2.52. The molecule has 0 aliphatic rings. The fraction of sp³-hybridized carbons (Fsp3) is 0.222. The van der Waals surface area contributed by atoms with Crippen molar-refractivity contribution in [1.29, 1.82) is 0 Å². The molecule has 1 heterocycles. The summed E-state index contributed by atoms with van der Waals surface area (Å²) in [5.74, 6) is 0.460. The molecule has 0 spiro atoms. The van der Waals surface area contributed by atoms with Crippen molar-refractivity contribution >= 4 is 17.9 Å². The Balaban J connectivity index is 1.67. The van der Waals surface area contributed by atoms with Crippen LogP contribution in [0.2, 0.25) is 0 Å². The van der Waals surface area contributed by atoms with E-state index in [9.17, 15) is 0 Å². The Morgan fingerprint density at radius 1 is 1.04 bits per heavy atom. The molecule has 0 bridgehead atoms. The van der Waals surface area contributed by atoms with Gasteiger partial charge in [0, 0.05) is 18.8 Å². The second-order valence-electron chi connectivity index (χ2n) is 5.38. The number of hydrogen-bond acceptors (Lipinski definition) is 6. The topological polar surface area (TPSA) is 71.2 Å². The zero-order valence-corrected chi connectivity index (χ0v) is 14.4. The Morgan fingerprint density at radius 3 is 2.44 bits per heavy atom. The minimum atomic E-state index is 0.460. The number of tetrazole rings is 1. The zero-order valence-electron chi connectivity index (χ0n) is 14.4. The third kappa shape index (κ3) is 4.00.